The van der Waals surface area contributed by atoms with Crippen molar-refractivity contribution < 1.29 is 19.1 Å². The van der Waals surface area contributed by atoms with E-state index in [0.29, 0.717) is 19.6 Å². The van der Waals surface area contributed by atoms with Crippen molar-refractivity contribution in [2.45, 2.75) is 92.4 Å². The molecule has 0 aliphatic heterocycles. The Labute approximate surface area is 148 Å². The topological polar surface area (TPSA) is 52.6 Å². The van der Waals surface area contributed by atoms with Gasteiger partial charge in [0.25, 0.3) is 0 Å². The van der Waals surface area contributed by atoms with Crippen molar-refractivity contribution in [3.8, 4) is 0 Å². The first kappa shape index (κ1) is 22.9. The van der Waals surface area contributed by atoms with Crippen LogP contribution in [0.25, 0.3) is 0 Å². The fourth-order valence-corrected chi connectivity index (χ4v) is 2.75. The van der Waals surface area contributed by atoms with Gasteiger partial charge in [0.15, 0.2) is 5.41 Å². The predicted octanol–water partition coefficient (Wildman–Crippen LogP) is 5.29. The molecule has 0 spiro atoms. The first-order valence-electron chi connectivity index (χ1n) is 9.81. The molecule has 4 nitrogen and oxygen atoms in total. The maximum Gasteiger partial charge on any atom is 0.323 e. The lowest BCUT2D eigenvalue weighted by atomic mass is 9.73. The van der Waals surface area contributed by atoms with E-state index in [-0.39, 0.29) is 5.92 Å². The van der Waals surface area contributed by atoms with Crippen molar-refractivity contribution in [3.63, 3.8) is 0 Å². The Kier molecular flexibility index (Phi) is 12.7. The second-order valence-corrected chi connectivity index (χ2v) is 6.92. The lowest BCUT2D eigenvalue weighted by Gasteiger charge is -2.33. The smallest absolute Gasteiger partial charge is 0.323 e. The standard InChI is InChI=1S/C20H38O4/c1-6-9-12-13-14-20(17(4)5,18(21)23-15-10-7-2)19(22)24-16-11-8-3/h17H,6-16H2,1-5H3. The molecule has 0 saturated heterocycles. The molecular weight excluding hydrogens is 304 g/mol. The van der Waals surface area contributed by atoms with Gasteiger partial charge in [0.2, 0.25) is 0 Å². The van der Waals surface area contributed by atoms with Crippen LogP contribution in [0.15, 0.2) is 0 Å². The average molecular weight is 343 g/mol. The number of hydrogen-bond donors (Lipinski definition) is 0. The van der Waals surface area contributed by atoms with E-state index in [1.165, 1.54) is 0 Å². The van der Waals surface area contributed by atoms with Crippen molar-refractivity contribution in [3.05, 3.63) is 0 Å². The summed E-state index contributed by atoms with van der Waals surface area (Å²) in [6, 6.07) is 0. The predicted molar refractivity (Wildman–Crippen MR) is 97.8 cm³/mol. The van der Waals surface area contributed by atoms with Crippen LogP contribution in [0.5, 0.6) is 0 Å². The van der Waals surface area contributed by atoms with Crippen LogP contribution in [-0.2, 0) is 19.1 Å². The third-order valence-electron chi connectivity index (χ3n) is 4.60. The lowest BCUT2D eigenvalue weighted by Crippen LogP contribution is -2.46. The Hall–Kier alpha value is -1.06. The van der Waals surface area contributed by atoms with Crippen LogP contribution in [0.4, 0.5) is 0 Å². The molecule has 0 aliphatic rings. The quantitative estimate of drug-likeness (QED) is 0.245. The molecule has 142 valence electrons. The van der Waals surface area contributed by atoms with Gasteiger partial charge in [-0.05, 0) is 25.2 Å². The minimum Gasteiger partial charge on any atom is -0.465 e. The van der Waals surface area contributed by atoms with E-state index in [0.717, 1.165) is 51.4 Å². The van der Waals surface area contributed by atoms with Gasteiger partial charge in [-0.25, -0.2) is 0 Å². The van der Waals surface area contributed by atoms with E-state index >= 15 is 0 Å². The molecule has 0 rings (SSSR count). The van der Waals surface area contributed by atoms with E-state index in [1.807, 2.05) is 27.7 Å². The molecule has 24 heavy (non-hydrogen) atoms. The van der Waals surface area contributed by atoms with Gasteiger partial charge in [-0.2, -0.15) is 0 Å². The highest BCUT2D eigenvalue weighted by atomic mass is 16.6. The van der Waals surface area contributed by atoms with Crippen LogP contribution in [-0.4, -0.2) is 25.2 Å². The maximum absolute atomic E-state index is 12.8. The highest BCUT2D eigenvalue weighted by Crippen LogP contribution is 2.37. The molecule has 0 atom stereocenters. The molecule has 0 heterocycles. The first-order valence-corrected chi connectivity index (χ1v) is 9.81. The van der Waals surface area contributed by atoms with Gasteiger partial charge in [0, 0.05) is 0 Å². The molecule has 0 saturated carbocycles. The van der Waals surface area contributed by atoms with Gasteiger partial charge in [-0.3, -0.25) is 9.59 Å². The molecule has 0 aromatic heterocycles. The summed E-state index contributed by atoms with van der Waals surface area (Å²) in [5.74, 6) is -0.935. The van der Waals surface area contributed by atoms with Crippen LogP contribution in [0.2, 0.25) is 0 Å². The molecule has 0 radical (unpaired) electrons. The largest absolute Gasteiger partial charge is 0.465 e. The van der Waals surface area contributed by atoms with E-state index in [1.54, 1.807) is 0 Å². The lowest BCUT2D eigenvalue weighted by molar-refractivity contribution is -0.177. The van der Waals surface area contributed by atoms with Crippen molar-refractivity contribution in [1.82, 2.24) is 0 Å². The third-order valence-corrected chi connectivity index (χ3v) is 4.60. The van der Waals surface area contributed by atoms with Crippen LogP contribution < -0.4 is 0 Å². The molecule has 0 N–H and O–H groups in total. The molecule has 0 fully saturated rings. The third kappa shape index (κ3) is 7.23. The fourth-order valence-electron chi connectivity index (χ4n) is 2.75. The molecule has 0 aromatic carbocycles. The fraction of sp³-hybridized carbons (Fsp3) is 0.900. The molecular formula is C20H38O4. The Bertz CT molecular complexity index is 328. The summed E-state index contributed by atoms with van der Waals surface area (Å²) in [7, 11) is 0. The highest BCUT2D eigenvalue weighted by molar-refractivity contribution is 6.00. The van der Waals surface area contributed by atoms with Crippen LogP contribution in [0, 0.1) is 11.3 Å². The molecule has 4 heteroatoms. The number of ether oxygens (including phenoxy) is 2. The zero-order valence-corrected chi connectivity index (χ0v) is 16.5. The molecule has 0 amide bonds. The summed E-state index contributed by atoms with van der Waals surface area (Å²) in [6.45, 7) is 10.8. The number of esters is 2. The summed E-state index contributed by atoms with van der Waals surface area (Å²) in [5, 5.41) is 0. The number of unbranched alkanes of at least 4 members (excludes halogenated alkanes) is 5. The maximum atomic E-state index is 12.8. The van der Waals surface area contributed by atoms with Crippen LogP contribution >= 0.6 is 0 Å². The van der Waals surface area contributed by atoms with E-state index in [4.69, 9.17) is 9.47 Å². The Morgan fingerprint density at radius 3 is 1.58 bits per heavy atom. The Morgan fingerprint density at radius 2 is 1.21 bits per heavy atom. The van der Waals surface area contributed by atoms with E-state index in [2.05, 4.69) is 6.92 Å². The van der Waals surface area contributed by atoms with Crippen molar-refractivity contribution in [1.29, 1.82) is 0 Å². The normalized spacial score (nSPS) is 11.6. The summed E-state index contributed by atoms with van der Waals surface area (Å²) in [4.78, 5) is 25.6. The van der Waals surface area contributed by atoms with Gasteiger partial charge in [-0.15, -0.1) is 0 Å². The molecule has 0 bridgehead atoms. The Balaban J connectivity index is 5.14. The molecule has 0 aliphatic carbocycles. The van der Waals surface area contributed by atoms with Crippen molar-refractivity contribution >= 4 is 11.9 Å². The zero-order valence-electron chi connectivity index (χ0n) is 16.5. The van der Waals surface area contributed by atoms with Crippen LogP contribution in [0.1, 0.15) is 92.4 Å². The number of hydrogen-bond acceptors (Lipinski definition) is 4. The molecule has 0 unspecified atom stereocenters. The number of rotatable bonds is 14. The second kappa shape index (κ2) is 13.3. The highest BCUT2D eigenvalue weighted by Gasteiger charge is 2.51. The first-order chi connectivity index (χ1) is 11.5. The Morgan fingerprint density at radius 1 is 0.750 bits per heavy atom. The van der Waals surface area contributed by atoms with Crippen molar-refractivity contribution in [2.24, 2.45) is 11.3 Å². The molecule has 0 aromatic rings. The summed E-state index contributed by atoms with van der Waals surface area (Å²) in [6.07, 6.45) is 8.17. The monoisotopic (exact) mass is 342 g/mol. The minimum absolute atomic E-state index is 0.137. The summed E-state index contributed by atoms with van der Waals surface area (Å²) >= 11 is 0. The minimum atomic E-state index is -1.16. The zero-order chi connectivity index (χ0) is 18.4. The second-order valence-electron chi connectivity index (χ2n) is 6.92. The SMILES string of the molecule is CCCCCCC(C(=O)OCCCC)(C(=O)OCCCC)C(C)C. The van der Waals surface area contributed by atoms with Gasteiger partial charge < -0.3 is 9.47 Å². The average Bonchev–Trinajstić information content (AvgIpc) is 2.55. The van der Waals surface area contributed by atoms with Crippen LogP contribution in [0.3, 0.4) is 0 Å². The van der Waals surface area contributed by atoms with E-state index in [9.17, 15) is 9.59 Å². The van der Waals surface area contributed by atoms with Gasteiger partial charge in [0.05, 0.1) is 13.2 Å². The van der Waals surface area contributed by atoms with Gasteiger partial charge >= 0.3 is 11.9 Å². The van der Waals surface area contributed by atoms with Gasteiger partial charge in [0.1, 0.15) is 0 Å². The number of carbonyl (C=O) groups is 2. The van der Waals surface area contributed by atoms with Crippen molar-refractivity contribution in [2.75, 3.05) is 13.2 Å². The summed E-state index contributed by atoms with van der Waals surface area (Å²) < 4.78 is 10.9. The summed E-state index contributed by atoms with van der Waals surface area (Å²) in [5.41, 5.74) is -1.16. The number of carbonyl (C=O) groups excluding carboxylic acids is 2. The van der Waals surface area contributed by atoms with Gasteiger partial charge in [-0.1, -0.05) is 73.1 Å². The van der Waals surface area contributed by atoms with E-state index < -0.39 is 17.4 Å².